The molecule has 0 aliphatic rings. The molecule has 0 aliphatic carbocycles. The van der Waals surface area contributed by atoms with E-state index in [9.17, 15) is 23.3 Å². The second kappa shape index (κ2) is 11.5. The lowest BCUT2D eigenvalue weighted by molar-refractivity contribution is -0.114. The number of amides is 2. The maximum atomic E-state index is 12.8. The Morgan fingerprint density at radius 2 is 1.61 bits per heavy atom. The van der Waals surface area contributed by atoms with Gasteiger partial charge in [0.25, 0.3) is 5.91 Å². The fourth-order valence-electron chi connectivity index (χ4n) is 3.05. The molecule has 3 rings (SSSR count). The standard InChI is InChI=1S/C25H19Br2N3O5S/c1-15-11-21(26)24(22(27)12-15)30-25(32)18(14-28)13-17-5-3-4-6-23(17)35-36(33,34)20-9-7-19(8-10-20)29-16(2)31/h3-13H,1-2H3,(H,29,31)(H,30,32)/b18-13+. The third-order valence-electron chi connectivity index (χ3n) is 4.67. The Hall–Kier alpha value is -3.46. The number of halogens is 2. The Morgan fingerprint density at radius 1 is 1.00 bits per heavy atom. The molecule has 0 bridgehead atoms. The fourth-order valence-corrected chi connectivity index (χ4v) is 5.62. The molecule has 0 unspecified atom stereocenters. The molecule has 0 spiro atoms. The minimum atomic E-state index is -4.25. The summed E-state index contributed by atoms with van der Waals surface area (Å²) in [5.41, 5.74) is 1.79. The third kappa shape index (κ3) is 6.81. The summed E-state index contributed by atoms with van der Waals surface area (Å²) in [6.45, 7) is 3.23. The highest BCUT2D eigenvalue weighted by molar-refractivity contribution is 9.11. The van der Waals surface area contributed by atoms with Crippen LogP contribution in [-0.2, 0) is 19.7 Å². The van der Waals surface area contributed by atoms with Gasteiger partial charge in [0.05, 0.1) is 5.69 Å². The first-order chi connectivity index (χ1) is 17.0. The van der Waals surface area contributed by atoms with E-state index in [2.05, 4.69) is 42.5 Å². The molecule has 0 aliphatic heterocycles. The Bertz CT molecular complexity index is 1490. The first-order valence-corrected chi connectivity index (χ1v) is 13.3. The molecule has 0 saturated carbocycles. The maximum absolute atomic E-state index is 12.8. The fraction of sp³-hybridized carbons (Fsp3) is 0.0800. The van der Waals surface area contributed by atoms with Crippen molar-refractivity contribution in [3.05, 3.63) is 86.3 Å². The topological polar surface area (TPSA) is 125 Å². The Balaban J connectivity index is 1.88. The zero-order chi connectivity index (χ0) is 26.5. The number of aryl methyl sites for hydroxylation is 1. The molecular weight excluding hydrogens is 614 g/mol. The Kier molecular flexibility index (Phi) is 8.68. The number of hydrogen-bond acceptors (Lipinski definition) is 6. The number of nitrogens with zero attached hydrogens (tertiary/aromatic N) is 1. The Labute approximate surface area is 225 Å². The lowest BCUT2D eigenvalue weighted by atomic mass is 10.1. The first kappa shape index (κ1) is 27.1. The number of para-hydroxylation sites is 1. The molecule has 2 N–H and O–H groups in total. The van der Waals surface area contributed by atoms with Crippen LogP contribution in [0.2, 0.25) is 0 Å². The molecule has 0 aromatic heterocycles. The number of nitriles is 1. The van der Waals surface area contributed by atoms with Gasteiger partial charge in [0.15, 0.2) is 0 Å². The van der Waals surface area contributed by atoms with Crippen LogP contribution in [0.15, 0.2) is 80.1 Å². The molecule has 0 fully saturated rings. The maximum Gasteiger partial charge on any atom is 0.339 e. The van der Waals surface area contributed by atoms with Crippen LogP contribution in [0.4, 0.5) is 11.4 Å². The van der Waals surface area contributed by atoms with Crippen molar-refractivity contribution in [1.29, 1.82) is 5.26 Å². The SMILES string of the molecule is CC(=O)Nc1ccc(S(=O)(=O)Oc2ccccc2/C=C(\C#N)C(=O)Nc2c(Br)cc(C)cc2Br)cc1. The molecule has 0 heterocycles. The molecule has 36 heavy (non-hydrogen) atoms. The Morgan fingerprint density at radius 3 is 2.19 bits per heavy atom. The zero-order valence-corrected chi connectivity index (χ0v) is 23.0. The van der Waals surface area contributed by atoms with Crippen LogP contribution < -0.4 is 14.8 Å². The summed E-state index contributed by atoms with van der Waals surface area (Å²) in [5.74, 6) is -1.04. The monoisotopic (exact) mass is 631 g/mol. The summed E-state index contributed by atoms with van der Waals surface area (Å²) in [4.78, 5) is 23.9. The van der Waals surface area contributed by atoms with E-state index in [4.69, 9.17) is 4.18 Å². The summed E-state index contributed by atoms with van der Waals surface area (Å²) in [6.07, 6.45) is 1.25. The van der Waals surface area contributed by atoms with Crippen molar-refractivity contribution < 1.29 is 22.2 Å². The van der Waals surface area contributed by atoms with E-state index in [1.165, 1.54) is 49.4 Å². The smallest absolute Gasteiger partial charge is 0.339 e. The molecular formula is C25H19Br2N3O5S. The zero-order valence-electron chi connectivity index (χ0n) is 19.0. The highest BCUT2D eigenvalue weighted by atomic mass is 79.9. The first-order valence-electron chi connectivity index (χ1n) is 10.3. The highest BCUT2D eigenvalue weighted by Gasteiger charge is 2.20. The van der Waals surface area contributed by atoms with E-state index in [0.29, 0.717) is 20.3 Å². The van der Waals surface area contributed by atoms with Gasteiger partial charge in [0.1, 0.15) is 22.3 Å². The second-order valence-electron chi connectivity index (χ2n) is 7.51. The summed E-state index contributed by atoms with van der Waals surface area (Å²) in [6, 6.07) is 17.0. The molecule has 3 aromatic rings. The van der Waals surface area contributed by atoms with Gasteiger partial charge >= 0.3 is 10.1 Å². The number of hydrogen-bond donors (Lipinski definition) is 2. The number of carbonyl (C=O) groups excluding carboxylic acids is 2. The van der Waals surface area contributed by atoms with Crippen LogP contribution in [0.25, 0.3) is 6.08 Å². The normalized spacial score (nSPS) is 11.4. The average molecular weight is 633 g/mol. The van der Waals surface area contributed by atoms with Crippen molar-refractivity contribution in [2.24, 2.45) is 0 Å². The van der Waals surface area contributed by atoms with Crippen LogP contribution in [0.5, 0.6) is 5.75 Å². The third-order valence-corrected chi connectivity index (χ3v) is 7.17. The van der Waals surface area contributed by atoms with Crippen molar-refractivity contribution >= 4 is 71.2 Å². The van der Waals surface area contributed by atoms with Crippen LogP contribution in [-0.4, -0.2) is 20.2 Å². The number of carbonyl (C=O) groups is 2. The van der Waals surface area contributed by atoms with Gasteiger partial charge in [-0.25, -0.2) is 0 Å². The predicted octanol–water partition coefficient (Wildman–Crippen LogP) is 5.79. The minimum absolute atomic E-state index is 0.0679. The van der Waals surface area contributed by atoms with Crippen LogP contribution in [0.1, 0.15) is 18.1 Å². The van der Waals surface area contributed by atoms with Gasteiger partial charge in [-0.2, -0.15) is 13.7 Å². The highest BCUT2D eigenvalue weighted by Crippen LogP contribution is 2.33. The van der Waals surface area contributed by atoms with Gasteiger partial charge < -0.3 is 14.8 Å². The minimum Gasteiger partial charge on any atom is -0.378 e. The van der Waals surface area contributed by atoms with Gasteiger partial charge in [-0.1, -0.05) is 18.2 Å². The number of rotatable bonds is 7. The summed E-state index contributed by atoms with van der Waals surface area (Å²) in [5, 5.41) is 14.8. The number of nitrogens with one attached hydrogen (secondary N) is 2. The molecule has 2 amide bonds. The molecule has 0 atom stereocenters. The molecule has 11 heteroatoms. The van der Waals surface area contributed by atoms with Gasteiger partial charge in [-0.15, -0.1) is 0 Å². The summed E-state index contributed by atoms with van der Waals surface area (Å²) in [7, 11) is -4.25. The van der Waals surface area contributed by atoms with Crippen LogP contribution in [0, 0.1) is 18.3 Å². The van der Waals surface area contributed by atoms with Crippen molar-refractivity contribution in [3.63, 3.8) is 0 Å². The van der Waals surface area contributed by atoms with E-state index in [1.807, 2.05) is 25.1 Å². The van der Waals surface area contributed by atoms with Gasteiger partial charge in [0, 0.05) is 27.1 Å². The van der Waals surface area contributed by atoms with E-state index < -0.39 is 16.0 Å². The van der Waals surface area contributed by atoms with Crippen molar-refractivity contribution in [1.82, 2.24) is 0 Å². The van der Waals surface area contributed by atoms with Gasteiger partial charge in [-0.05, 0) is 92.9 Å². The second-order valence-corrected chi connectivity index (χ2v) is 10.8. The molecule has 0 radical (unpaired) electrons. The van der Waals surface area contributed by atoms with Crippen LogP contribution >= 0.6 is 31.9 Å². The lowest BCUT2D eigenvalue weighted by Gasteiger charge is -2.12. The molecule has 3 aromatic carbocycles. The largest absolute Gasteiger partial charge is 0.378 e. The quantitative estimate of drug-likeness (QED) is 0.193. The van der Waals surface area contributed by atoms with E-state index in [0.717, 1.165) is 5.56 Å². The summed E-state index contributed by atoms with van der Waals surface area (Å²) < 4.78 is 32.2. The van der Waals surface area contributed by atoms with Crippen molar-refractivity contribution in [2.45, 2.75) is 18.7 Å². The predicted molar refractivity (Wildman–Crippen MR) is 144 cm³/mol. The number of anilines is 2. The van der Waals surface area contributed by atoms with Crippen molar-refractivity contribution in [2.75, 3.05) is 10.6 Å². The molecule has 184 valence electrons. The van der Waals surface area contributed by atoms with Crippen LogP contribution in [0.3, 0.4) is 0 Å². The van der Waals surface area contributed by atoms with Gasteiger partial charge in [0.2, 0.25) is 5.91 Å². The van der Waals surface area contributed by atoms with Crippen molar-refractivity contribution in [3.8, 4) is 11.8 Å². The average Bonchev–Trinajstić information content (AvgIpc) is 2.80. The summed E-state index contributed by atoms with van der Waals surface area (Å²) >= 11 is 6.79. The molecule has 8 nitrogen and oxygen atoms in total. The van der Waals surface area contributed by atoms with E-state index >= 15 is 0 Å². The van der Waals surface area contributed by atoms with E-state index in [1.54, 1.807) is 12.1 Å². The molecule has 0 saturated heterocycles. The van der Waals surface area contributed by atoms with Gasteiger partial charge in [-0.3, -0.25) is 9.59 Å². The lowest BCUT2D eigenvalue weighted by Crippen LogP contribution is -2.15. The van der Waals surface area contributed by atoms with E-state index in [-0.39, 0.29) is 27.7 Å². The number of benzene rings is 3.